The Morgan fingerprint density at radius 3 is 2.85 bits per heavy atom. The summed E-state index contributed by atoms with van der Waals surface area (Å²) in [6.45, 7) is 4.46. The van der Waals surface area contributed by atoms with Gasteiger partial charge in [0.1, 0.15) is 6.33 Å². The van der Waals surface area contributed by atoms with Crippen LogP contribution >= 0.6 is 0 Å². The Balaban J connectivity index is 1.89. The zero-order chi connectivity index (χ0) is 9.10. The summed E-state index contributed by atoms with van der Waals surface area (Å²) in [6.07, 6.45) is 1.73. The van der Waals surface area contributed by atoms with Crippen molar-refractivity contribution in [3.05, 3.63) is 12.2 Å². The molecule has 1 saturated heterocycles. The molecule has 5 heteroatoms. The van der Waals surface area contributed by atoms with Gasteiger partial charge in [0.15, 0.2) is 5.82 Å². The lowest BCUT2D eigenvalue weighted by Gasteiger charge is -2.25. The fourth-order valence-corrected chi connectivity index (χ4v) is 1.42. The van der Waals surface area contributed by atoms with E-state index in [0.29, 0.717) is 0 Å². The maximum Gasteiger partial charge on any atom is 0.164 e. The minimum absolute atomic E-state index is 0.826. The lowest BCUT2D eigenvalue weighted by atomic mass is 10.4. The predicted molar refractivity (Wildman–Crippen MR) is 47.1 cm³/mol. The molecule has 0 aliphatic carbocycles. The molecule has 0 bridgehead atoms. The zero-order valence-corrected chi connectivity index (χ0v) is 7.81. The lowest BCUT2D eigenvalue weighted by Crippen LogP contribution is -2.35. The van der Waals surface area contributed by atoms with Crippen molar-refractivity contribution in [2.24, 2.45) is 7.05 Å². The van der Waals surface area contributed by atoms with Crippen LogP contribution in [0, 0.1) is 0 Å². The van der Waals surface area contributed by atoms with Gasteiger partial charge >= 0.3 is 0 Å². The first kappa shape index (κ1) is 8.65. The summed E-state index contributed by atoms with van der Waals surface area (Å²) in [6, 6.07) is 0. The Bertz CT molecular complexity index is 267. The SMILES string of the molecule is Cn1cnc(CN2CCOCC2)n1. The van der Waals surface area contributed by atoms with E-state index in [1.165, 1.54) is 0 Å². The molecular formula is C8H14N4O. The average molecular weight is 182 g/mol. The molecule has 0 aromatic carbocycles. The van der Waals surface area contributed by atoms with Crippen molar-refractivity contribution < 1.29 is 4.74 Å². The second-order valence-electron chi connectivity index (χ2n) is 3.22. The molecule has 1 aliphatic rings. The maximum absolute atomic E-state index is 5.25. The van der Waals surface area contributed by atoms with E-state index in [1.54, 1.807) is 11.0 Å². The highest BCUT2D eigenvalue weighted by Gasteiger charge is 2.12. The molecule has 13 heavy (non-hydrogen) atoms. The summed E-state index contributed by atoms with van der Waals surface area (Å²) in [5.41, 5.74) is 0. The molecule has 2 rings (SSSR count). The van der Waals surface area contributed by atoms with E-state index in [4.69, 9.17) is 4.74 Å². The van der Waals surface area contributed by atoms with Gasteiger partial charge in [0.2, 0.25) is 0 Å². The van der Waals surface area contributed by atoms with E-state index < -0.39 is 0 Å². The molecule has 0 N–H and O–H groups in total. The van der Waals surface area contributed by atoms with Gasteiger partial charge in [-0.3, -0.25) is 9.58 Å². The van der Waals surface area contributed by atoms with E-state index in [1.807, 2.05) is 7.05 Å². The normalized spacial score (nSPS) is 19.2. The van der Waals surface area contributed by atoms with Crippen LogP contribution in [0.3, 0.4) is 0 Å². The molecule has 5 nitrogen and oxygen atoms in total. The van der Waals surface area contributed by atoms with Crippen LogP contribution in [0.25, 0.3) is 0 Å². The van der Waals surface area contributed by atoms with Gasteiger partial charge < -0.3 is 4.74 Å². The Morgan fingerprint density at radius 2 is 2.23 bits per heavy atom. The van der Waals surface area contributed by atoms with E-state index >= 15 is 0 Å². The molecule has 0 atom stereocenters. The van der Waals surface area contributed by atoms with Crippen molar-refractivity contribution in [3.8, 4) is 0 Å². The molecule has 0 amide bonds. The summed E-state index contributed by atoms with van der Waals surface area (Å²) in [5, 5.41) is 4.23. The fraction of sp³-hybridized carbons (Fsp3) is 0.750. The van der Waals surface area contributed by atoms with Crippen LogP contribution < -0.4 is 0 Å². The van der Waals surface area contributed by atoms with Crippen molar-refractivity contribution in [3.63, 3.8) is 0 Å². The molecule has 1 aliphatic heterocycles. The summed E-state index contributed by atoms with van der Waals surface area (Å²) in [7, 11) is 1.88. The summed E-state index contributed by atoms with van der Waals surface area (Å²) in [4.78, 5) is 6.48. The summed E-state index contributed by atoms with van der Waals surface area (Å²) >= 11 is 0. The monoisotopic (exact) mass is 182 g/mol. The van der Waals surface area contributed by atoms with Gasteiger partial charge in [0.25, 0.3) is 0 Å². The molecule has 2 heterocycles. The number of ether oxygens (including phenoxy) is 1. The fourth-order valence-electron chi connectivity index (χ4n) is 1.42. The van der Waals surface area contributed by atoms with Crippen LogP contribution in [-0.2, 0) is 18.3 Å². The van der Waals surface area contributed by atoms with Crippen molar-refractivity contribution >= 4 is 0 Å². The zero-order valence-electron chi connectivity index (χ0n) is 7.81. The third kappa shape index (κ3) is 2.26. The summed E-state index contributed by atoms with van der Waals surface area (Å²) < 4.78 is 6.99. The Labute approximate surface area is 77.3 Å². The first-order valence-electron chi connectivity index (χ1n) is 4.49. The first-order valence-corrected chi connectivity index (χ1v) is 4.49. The predicted octanol–water partition coefficient (Wildman–Crippen LogP) is -0.353. The highest BCUT2D eigenvalue weighted by atomic mass is 16.5. The Hall–Kier alpha value is -0.940. The minimum atomic E-state index is 0.826. The molecule has 0 saturated carbocycles. The van der Waals surface area contributed by atoms with E-state index in [0.717, 1.165) is 38.7 Å². The van der Waals surface area contributed by atoms with Gasteiger partial charge in [-0.05, 0) is 0 Å². The van der Waals surface area contributed by atoms with Gasteiger partial charge in [0.05, 0.1) is 19.8 Å². The highest BCUT2D eigenvalue weighted by molar-refractivity contribution is 4.81. The molecule has 1 aromatic rings. The average Bonchev–Trinajstić information content (AvgIpc) is 2.53. The van der Waals surface area contributed by atoms with Crippen molar-refractivity contribution in [1.29, 1.82) is 0 Å². The third-order valence-electron chi connectivity index (χ3n) is 2.12. The van der Waals surface area contributed by atoms with Gasteiger partial charge in [-0.1, -0.05) is 0 Å². The number of nitrogens with zero attached hydrogens (tertiary/aromatic N) is 4. The largest absolute Gasteiger partial charge is 0.379 e. The number of aromatic nitrogens is 3. The van der Waals surface area contributed by atoms with Crippen LogP contribution in [0.2, 0.25) is 0 Å². The van der Waals surface area contributed by atoms with Crippen molar-refractivity contribution in [1.82, 2.24) is 19.7 Å². The molecule has 0 spiro atoms. The number of hydrogen-bond acceptors (Lipinski definition) is 4. The quantitative estimate of drug-likeness (QED) is 0.627. The topological polar surface area (TPSA) is 43.2 Å². The van der Waals surface area contributed by atoms with E-state index in [2.05, 4.69) is 15.0 Å². The molecule has 1 aromatic heterocycles. The summed E-state index contributed by atoms with van der Waals surface area (Å²) in [5.74, 6) is 0.893. The second kappa shape index (κ2) is 3.85. The first-order chi connectivity index (χ1) is 6.34. The minimum Gasteiger partial charge on any atom is -0.379 e. The maximum atomic E-state index is 5.25. The van der Waals surface area contributed by atoms with Gasteiger partial charge in [-0.2, -0.15) is 5.10 Å². The van der Waals surface area contributed by atoms with Crippen LogP contribution in [0.4, 0.5) is 0 Å². The van der Waals surface area contributed by atoms with Crippen molar-refractivity contribution in [2.45, 2.75) is 6.54 Å². The van der Waals surface area contributed by atoms with Crippen LogP contribution in [0.1, 0.15) is 5.82 Å². The van der Waals surface area contributed by atoms with Gasteiger partial charge in [-0.15, -0.1) is 0 Å². The van der Waals surface area contributed by atoms with Gasteiger partial charge in [0, 0.05) is 20.1 Å². The van der Waals surface area contributed by atoms with Crippen LogP contribution in [0.15, 0.2) is 6.33 Å². The molecule has 0 unspecified atom stereocenters. The molecular weight excluding hydrogens is 168 g/mol. The van der Waals surface area contributed by atoms with Crippen LogP contribution in [0.5, 0.6) is 0 Å². The molecule has 1 fully saturated rings. The standard InChI is InChI=1S/C8H14N4O/c1-11-7-9-8(10-11)6-12-2-4-13-5-3-12/h7H,2-6H2,1H3. The second-order valence-corrected chi connectivity index (χ2v) is 3.22. The Kier molecular flexibility index (Phi) is 2.56. The van der Waals surface area contributed by atoms with E-state index in [-0.39, 0.29) is 0 Å². The van der Waals surface area contributed by atoms with E-state index in [9.17, 15) is 0 Å². The van der Waals surface area contributed by atoms with Crippen LogP contribution in [-0.4, -0.2) is 46.0 Å². The number of aryl methyl sites for hydroxylation is 1. The molecule has 0 radical (unpaired) electrons. The number of morpholine rings is 1. The highest BCUT2D eigenvalue weighted by Crippen LogP contribution is 2.01. The Morgan fingerprint density at radius 1 is 1.46 bits per heavy atom. The third-order valence-corrected chi connectivity index (χ3v) is 2.12. The number of hydrogen-bond donors (Lipinski definition) is 0. The smallest absolute Gasteiger partial charge is 0.164 e. The number of rotatable bonds is 2. The molecule has 72 valence electrons. The lowest BCUT2D eigenvalue weighted by molar-refractivity contribution is 0.0330. The van der Waals surface area contributed by atoms with Crippen molar-refractivity contribution in [2.75, 3.05) is 26.3 Å². The van der Waals surface area contributed by atoms with Gasteiger partial charge in [-0.25, -0.2) is 4.98 Å².